The van der Waals surface area contributed by atoms with E-state index in [1.807, 2.05) is 12.1 Å². The molecule has 3 N–H and O–H groups in total. The zero-order valence-electron chi connectivity index (χ0n) is 10.6. The molecule has 18 heavy (non-hydrogen) atoms. The molecule has 1 unspecified atom stereocenters. The molecule has 0 heterocycles. The molecule has 0 bridgehead atoms. The highest BCUT2D eigenvalue weighted by atomic mass is 14.9. The molecule has 2 aromatic carbocycles. The first-order valence-corrected chi connectivity index (χ1v) is 6.42. The van der Waals surface area contributed by atoms with Gasteiger partial charge in [-0.1, -0.05) is 36.4 Å². The predicted octanol–water partition coefficient (Wildman–Crippen LogP) is 3.33. The summed E-state index contributed by atoms with van der Waals surface area (Å²) >= 11 is 0. The maximum absolute atomic E-state index is 6.00. The normalized spacial score (nSPS) is 16.8. The Morgan fingerprint density at radius 1 is 1.17 bits per heavy atom. The van der Waals surface area contributed by atoms with Gasteiger partial charge in [0.1, 0.15) is 0 Å². The van der Waals surface area contributed by atoms with Crippen molar-refractivity contribution in [2.75, 3.05) is 17.6 Å². The molecule has 1 atom stereocenters. The van der Waals surface area contributed by atoms with Gasteiger partial charge in [0.05, 0.1) is 11.4 Å². The smallest absolute Gasteiger partial charge is 0.0603 e. The molecule has 0 aliphatic heterocycles. The summed E-state index contributed by atoms with van der Waals surface area (Å²) in [6.07, 6.45) is 1.18. The van der Waals surface area contributed by atoms with Crippen molar-refractivity contribution in [1.82, 2.24) is 0 Å². The molecule has 0 saturated carbocycles. The number of nitrogen functional groups attached to an aromatic ring is 1. The number of nitrogens with one attached hydrogen (secondary N) is 1. The lowest BCUT2D eigenvalue weighted by atomic mass is 9.77. The second kappa shape index (κ2) is 4.37. The Bertz CT molecular complexity index is 555. The largest absolute Gasteiger partial charge is 0.397 e. The topological polar surface area (TPSA) is 38.0 Å². The number of para-hydroxylation sites is 1. The summed E-state index contributed by atoms with van der Waals surface area (Å²) in [5.41, 5.74) is 12.1. The van der Waals surface area contributed by atoms with Crippen LogP contribution in [0.2, 0.25) is 0 Å². The number of hydrogen-bond donors (Lipinski definition) is 2. The van der Waals surface area contributed by atoms with Gasteiger partial charge < -0.3 is 11.1 Å². The van der Waals surface area contributed by atoms with E-state index in [0.717, 1.165) is 17.9 Å². The van der Waals surface area contributed by atoms with Gasteiger partial charge >= 0.3 is 0 Å². The molecule has 0 fully saturated rings. The van der Waals surface area contributed by atoms with Gasteiger partial charge in [0.2, 0.25) is 0 Å². The number of benzene rings is 2. The average Bonchev–Trinajstić information content (AvgIpc) is 2.33. The molecule has 1 aliphatic rings. The summed E-state index contributed by atoms with van der Waals surface area (Å²) in [6.45, 7) is 3.06. The minimum atomic E-state index is 0.625. The van der Waals surface area contributed by atoms with E-state index < -0.39 is 0 Å². The first-order valence-electron chi connectivity index (χ1n) is 6.42. The monoisotopic (exact) mass is 238 g/mol. The number of anilines is 2. The third-order valence-electron chi connectivity index (χ3n) is 3.79. The number of nitrogens with two attached hydrogens (primary N) is 1. The van der Waals surface area contributed by atoms with Gasteiger partial charge in [-0.2, -0.15) is 0 Å². The van der Waals surface area contributed by atoms with Crippen LogP contribution in [-0.4, -0.2) is 6.54 Å². The van der Waals surface area contributed by atoms with Crippen LogP contribution in [-0.2, 0) is 6.42 Å². The van der Waals surface area contributed by atoms with Crippen LogP contribution in [0.5, 0.6) is 0 Å². The van der Waals surface area contributed by atoms with Crippen LogP contribution in [0.4, 0.5) is 11.4 Å². The molecule has 0 amide bonds. The van der Waals surface area contributed by atoms with Crippen molar-refractivity contribution in [3.63, 3.8) is 0 Å². The second-order valence-corrected chi connectivity index (χ2v) is 5.02. The molecular formula is C16H18N2. The summed E-state index contributed by atoms with van der Waals surface area (Å²) in [5, 5.41) is 3.50. The fourth-order valence-electron chi connectivity index (χ4n) is 2.70. The van der Waals surface area contributed by atoms with Crippen LogP contribution in [0.1, 0.15) is 22.6 Å². The van der Waals surface area contributed by atoms with Gasteiger partial charge in [0.15, 0.2) is 0 Å². The highest BCUT2D eigenvalue weighted by Gasteiger charge is 2.25. The molecule has 1 aliphatic carbocycles. The van der Waals surface area contributed by atoms with E-state index in [2.05, 4.69) is 42.6 Å². The maximum atomic E-state index is 6.00. The Kier molecular flexibility index (Phi) is 2.71. The Morgan fingerprint density at radius 3 is 2.78 bits per heavy atom. The summed E-state index contributed by atoms with van der Waals surface area (Å²) in [5.74, 6) is 0.625. The summed E-state index contributed by atoms with van der Waals surface area (Å²) in [7, 11) is 0. The van der Waals surface area contributed by atoms with E-state index in [1.54, 1.807) is 0 Å². The van der Waals surface area contributed by atoms with Gasteiger partial charge in [-0.15, -0.1) is 0 Å². The van der Waals surface area contributed by atoms with Crippen LogP contribution in [0.15, 0.2) is 42.5 Å². The predicted molar refractivity (Wildman–Crippen MR) is 77.0 cm³/mol. The van der Waals surface area contributed by atoms with E-state index >= 15 is 0 Å². The SMILES string of the molecule is Cc1cccc(N)c1NCC1Cc2ccccc21. The van der Waals surface area contributed by atoms with Crippen molar-refractivity contribution in [3.05, 3.63) is 59.2 Å². The Hall–Kier alpha value is -1.96. The molecule has 92 valence electrons. The molecule has 0 saturated heterocycles. The molecule has 0 aromatic heterocycles. The first-order chi connectivity index (χ1) is 8.75. The van der Waals surface area contributed by atoms with Crippen molar-refractivity contribution in [2.45, 2.75) is 19.3 Å². The van der Waals surface area contributed by atoms with Crippen LogP contribution < -0.4 is 11.1 Å². The molecule has 3 rings (SSSR count). The fraction of sp³-hybridized carbons (Fsp3) is 0.250. The van der Waals surface area contributed by atoms with Gasteiger partial charge in [-0.05, 0) is 36.1 Å². The number of hydrogen-bond acceptors (Lipinski definition) is 2. The standard InChI is InChI=1S/C16H18N2/c1-11-5-4-8-15(17)16(11)18-10-13-9-12-6-2-3-7-14(12)13/h2-8,13,18H,9-10,17H2,1H3. The lowest BCUT2D eigenvalue weighted by Crippen LogP contribution is -2.24. The minimum absolute atomic E-state index is 0.625. The van der Waals surface area contributed by atoms with E-state index in [1.165, 1.54) is 23.1 Å². The molecular weight excluding hydrogens is 220 g/mol. The van der Waals surface area contributed by atoms with Gasteiger partial charge in [0.25, 0.3) is 0 Å². The minimum Gasteiger partial charge on any atom is -0.397 e. The van der Waals surface area contributed by atoms with Gasteiger partial charge in [0, 0.05) is 12.5 Å². The fourth-order valence-corrected chi connectivity index (χ4v) is 2.70. The van der Waals surface area contributed by atoms with Crippen LogP contribution in [0, 0.1) is 6.92 Å². The van der Waals surface area contributed by atoms with Crippen LogP contribution in [0.25, 0.3) is 0 Å². The molecule has 2 heteroatoms. The maximum Gasteiger partial charge on any atom is 0.0603 e. The Balaban J connectivity index is 1.70. The lowest BCUT2D eigenvalue weighted by molar-refractivity contribution is 0.636. The van der Waals surface area contributed by atoms with Gasteiger partial charge in [-0.3, -0.25) is 0 Å². The highest BCUT2D eigenvalue weighted by Crippen LogP contribution is 2.35. The quantitative estimate of drug-likeness (QED) is 0.805. The Labute approximate surface area is 108 Å². The van der Waals surface area contributed by atoms with Crippen molar-refractivity contribution in [2.24, 2.45) is 0 Å². The van der Waals surface area contributed by atoms with Crippen molar-refractivity contribution < 1.29 is 0 Å². The van der Waals surface area contributed by atoms with E-state index in [0.29, 0.717) is 5.92 Å². The third-order valence-corrected chi connectivity index (χ3v) is 3.79. The summed E-state index contributed by atoms with van der Waals surface area (Å²) < 4.78 is 0. The molecule has 2 aromatic rings. The first kappa shape index (κ1) is 11.1. The molecule has 2 nitrogen and oxygen atoms in total. The number of rotatable bonds is 3. The highest BCUT2D eigenvalue weighted by molar-refractivity contribution is 5.70. The average molecular weight is 238 g/mol. The van der Waals surface area contributed by atoms with Crippen LogP contribution >= 0.6 is 0 Å². The van der Waals surface area contributed by atoms with E-state index in [9.17, 15) is 0 Å². The Morgan fingerprint density at radius 2 is 2.00 bits per heavy atom. The number of fused-ring (bicyclic) bond motifs is 1. The molecule has 0 spiro atoms. The zero-order chi connectivity index (χ0) is 12.5. The third kappa shape index (κ3) is 1.84. The van der Waals surface area contributed by atoms with Crippen molar-refractivity contribution >= 4 is 11.4 Å². The second-order valence-electron chi connectivity index (χ2n) is 5.02. The van der Waals surface area contributed by atoms with E-state index in [4.69, 9.17) is 5.73 Å². The van der Waals surface area contributed by atoms with Crippen LogP contribution in [0.3, 0.4) is 0 Å². The number of aryl methyl sites for hydroxylation is 1. The van der Waals surface area contributed by atoms with E-state index in [-0.39, 0.29) is 0 Å². The van der Waals surface area contributed by atoms with Gasteiger partial charge in [-0.25, -0.2) is 0 Å². The van der Waals surface area contributed by atoms with Crippen molar-refractivity contribution in [1.29, 1.82) is 0 Å². The lowest BCUT2D eigenvalue weighted by Gasteiger charge is -2.31. The zero-order valence-corrected chi connectivity index (χ0v) is 10.6. The van der Waals surface area contributed by atoms with Crippen molar-refractivity contribution in [3.8, 4) is 0 Å². The summed E-state index contributed by atoms with van der Waals surface area (Å²) in [4.78, 5) is 0. The summed E-state index contributed by atoms with van der Waals surface area (Å²) in [6, 6.07) is 14.7. The molecule has 0 radical (unpaired) electrons.